The first-order valence-electron chi connectivity index (χ1n) is 8.33. The van der Waals surface area contributed by atoms with E-state index in [-0.39, 0.29) is 18.4 Å². The van der Waals surface area contributed by atoms with Crippen molar-refractivity contribution in [3.8, 4) is 0 Å². The molecule has 0 atom stereocenters. The largest absolute Gasteiger partial charge is 0.396 e. The number of piperidine rings is 1. The summed E-state index contributed by atoms with van der Waals surface area (Å²) < 4.78 is 0. The molecule has 1 heterocycles. The summed E-state index contributed by atoms with van der Waals surface area (Å²) in [4.78, 5) is 25.2. The third kappa shape index (κ3) is 5.67. The Hall–Kier alpha value is -1.88. The molecule has 1 fully saturated rings. The van der Waals surface area contributed by atoms with Crippen LogP contribution in [0, 0.1) is 5.92 Å². The van der Waals surface area contributed by atoms with Gasteiger partial charge in [-0.3, -0.25) is 9.59 Å². The van der Waals surface area contributed by atoms with Crippen molar-refractivity contribution >= 4 is 17.5 Å². The molecule has 0 radical (unpaired) electrons. The van der Waals surface area contributed by atoms with Gasteiger partial charge in [-0.2, -0.15) is 0 Å². The van der Waals surface area contributed by atoms with Crippen LogP contribution in [0.3, 0.4) is 0 Å². The van der Waals surface area contributed by atoms with Crippen molar-refractivity contribution in [3.63, 3.8) is 0 Å². The van der Waals surface area contributed by atoms with E-state index in [1.807, 2.05) is 29.2 Å². The Kier molecular flexibility index (Phi) is 6.59. The van der Waals surface area contributed by atoms with Crippen molar-refractivity contribution < 1.29 is 14.7 Å². The maximum Gasteiger partial charge on any atom is 0.224 e. The third-order valence-corrected chi connectivity index (χ3v) is 4.48. The number of amides is 2. The molecular weight excluding hydrogens is 292 g/mol. The summed E-state index contributed by atoms with van der Waals surface area (Å²) in [5.74, 6) is 0.711. The highest BCUT2D eigenvalue weighted by Crippen LogP contribution is 2.22. The van der Waals surface area contributed by atoms with Crippen LogP contribution in [0.25, 0.3) is 0 Å². The summed E-state index contributed by atoms with van der Waals surface area (Å²) in [6, 6.07) is 7.58. The minimum absolute atomic E-state index is 0.0360. The maximum absolute atomic E-state index is 12.0. The first-order valence-corrected chi connectivity index (χ1v) is 8.33. The normalized spacial score (nSPS) is 15.5. The van der Waals surface area contributed by atoms with Crippen molar-refractivity contribution in [1.82, 2.24) is 4.90 Å². The summed E-state index contributed by atoms with van der Waals surface area (Å²) >= 11 is 0. The molecule has 2 N–H and O–H groups in total. The Labute approximate surface area is 137 Å². The van der Waals surface area contributed by atoms with Crippen LogP contribution >= 0.6 is 0 Å². The molecule has 1 saturated heterocycles. The lowest BCUT2D eigenvalue weighted by Gasteiger charge is -2.31. The number of carbonyl (C=O) groups excluding carboxylic acids is 2. The van der Waals surface area contributed by atoms with Crippen molar-refractivity contribution in [2.75, 3.05) is 25.0 Å². The molecule has 1 aromatic carbocycles. The van der Waals surface area contributed by atoms with Gasteiger partial charge in [-0.25, -0.2) is 0 Å². The second-order valence-corrected chi connectivity index (χ2v) is 6.21. The van der Waals surface area contributed by atoms with Gasteiger partial charge in [-0.05, 0) is 49.3 Å². The van der Waals surface area contributed by atoms with Crippen LogP contribution in [0.5, 0.6) is 0 Å². The van der Waals surface area contributed by atoms with Crippen LogP contribution in [-0.2, 0) is 16.0 Å². The second-order valence-electron chi connectivity index (χ2n) is 6.21. The summed E-state index contributed by atoms with van der Waals surface area (Å²) in [6.45, 7) is 3.37. The maximum atomic E-state index is 12.0. The molecule has 2 rings (SSSR count). The Bertz CT molecular complexity index is 520. The Morgan fingerprint density at radius 3 is 2.43 bits per heavy atom. The van der Waals surface area contributed by atoms with Gasteiger partial charge in [0.25, 0.3) is 0 Å². The van der Waals surface area contributed by atoms with Crippen LogP contribution in [0.4, 0.5) is 5.69 Å². The van der Waals surface area contributed by atoms with Gasteiger partial charge in [0, 0.05) is 38.7 Å². The molecule has 1 aliphatic heterocycles. The summed E-state index contributed by atoms with van der Waals surface area (Å²) in [5, 5.41) is 11.8. The molecule has 2 amide bonds. The van der Waals surface area contributed by atoms with Gasteiger partial charge in [-0.1, -0.05) is 12.1 Å². The summed E-state index contributed by atoms with van der Waals surface area (Å²) in [6.07, 6.45) is 4.00. The number of aliphatic hydroxyl groups is 1. The van der Waals surface area contributed by atoms with Crippen LogP contribution in [-0.4, -0.2) is 41.5 Å². The van der Waals surface area contributed by atoms with E-state index >= 15 is 0 Å². The number of rotatable bonds is 6. The van der Waals surface area contributed by atoms with Crippen molar-refractivity contribution in [3.05, 3.63) is 29.8 Å². The van der Waals surface area contributed by atoms with Crippen molar-refractivity contribution in [1.29, 1.82) is 0 Å². The fraction of sp³-hybridized carbons (Fsp3) is 0.556. The highest BCUT2D eigenvalue weighted by Gasteiger charge is 2.21. The fourth-order valence-corrected chi connectivity index (χ4v) is 2.98. The minimum Gasteiger partial charge on any atom is -0.396 e. The average Bonchev–Trinajstić information content (AvgIpc) is 2.55. The molecule has 0 saturated carbocycles. The molecule has 0 aromatic heterocycles. The highest BCUT2D eigenvalue weighted by molar-refractivity contribution is 5.90. The van der Waals surface area contributed by atoms with Crippen LogP contribution in [0.2, 0.25) is 0 Å². The van der Waals surface area contributed by atoms with Gasteiger partial charge in [-0.15, -0.1) is 0 Å². The molecule has 126 valence electrons. The van der Waals surface area contributed by atoms with Gasteiger partial charge < -0.3 is 15.3 Å². The molecule has 0 bridgehead atoms. The predicted octanol–water partition coefficient (Wildman–Crippen LogP) is 2.20. The van der Waals surface area contributed by atoms with Gasteiger partial charge in [0.1, 0.15) is 0 Å². The number of hydrogen-bond donors (Lipinski definition) is 2. The molecule has 1 aliphatic rings. The zero-order valence-corrected chi connectivity index (χ0v) is 13.8. The summed E-state index contributed by atoms with van der Waals surface area (Å²) in [5.41, 5.74) is 1.85. The van der Waals surface area contributed by atoms with E-state index in [1.54, 1.807) is 6.92 Å². The lowest BCUT2D eigenvalue weighted by molar-refractivity contribution is -0.130. The van der Waals surface area contributed by atoms with Gasteiger partial charge in [0.15, 0.2) is 0 Å². The lowest BCUT2D eigenvalue weighted by Crippen LogP contribution is -2.37. The average molecular weight is 318 g/mol. The Morgan fingerprint density at radius 1 is 1.22 bits per heavy atom. The van der Waals surface area contributed by atoms with E-state index in [0.717, 1.165) is 43.6 Å². The van der Waals surface area contributed by atoms with E-state index < -0.39 is 0 Å². The lowest BCUT2D eigenvalue weighted by atomic mass is 9.92. The Morgan fingerprint density at radius 2 is 1.87 bits per heavy atom. The SMILES string of the molecule is CC(=O)N1CCC(CCC(=O)Nc2ccc(CCO)cc2)CC1. The van der Waals surface area contributed by atoms with Crippen molar-refractivity contribution in [2.45, 2.75) is 39.0 Å². The zero-order chi connectivity index (χ0) is 16.7. The van der Waals surface area contributed by atoms with E-state index in [9.17, 15) is 9.59 Å². The van der Waals surface area contributed by atoms with Gasteiger partial charge in [0.2, 0.25) is 11.8 Å². The molecule has 23 heavy (non-hydrogen) atoms. The third-order valence-electron chi connectivity index (χ3n) is 4.48. The topological polar surface area (TPSA) is 69.6 Å². The van der Waals surface area contributed by atoms with Crippen LogP contribution in [0.1, 0.15) is 38.2 Å². The first-order chi connectivity index (χ1) is 11.1. The number of carbonyl (C=O) groups is 2. The van der Waals surface area contributed by atoms with E-state index in [4.69, 9.17) is 5.11 Å². The zero-order valence-electron chi connectivity index (χ0n) is 13.8. The van der Waals surface area contributed by atoms with E-state index in [2.05, 4.69) is 5.32 Å². The number of hydrogen-bond acceptors (Lipinski definition) is 3. The molecular formula is C18H26N2O3. The molecule has 5 nitrogen and oxygen atoms in total. The molecule has 1 aromatic rings. The molecule has 0 aliphatic carbocycles. The van der Waals surface area contributed by atoms with Gasteiger partial charge in [0.05, 0.1) is 0 Å². The second kappa shape index (κ2) is 8.67. The Balaban J connectivity index is 1.70. The number of benzene rings is 1. The highest BCUT2D eigenvalue weighted by atomic mass is 16.3. The number of anilines is 1. The monoisotopic (exact) mass is 318 g/mol. The van der Waals surface area contributed by atoms with Crippen LogP contribution < -0.4 is 5.32 Å². The van der Waals surface area contributed by atoms with E-state index in [0.29, 0.717) is 18.8 Å². The molecule has 0 unspecified atom stereocenters. The molecule has 5 heteroatoms. The number of nitrogens with zero attached hydrogens (tertiary/aromatic N) is 1. The number of nitrogens with one attached hydrogen (secondary N) is 1. The number of likely N-dealkylation sites (tertiary alicyclic amines) is 1. The smallest absolute Gasteiger partial charge is 0.224 e. The fourth-order valence-electron chi connectivity index (χ4n) is 2.98. The summed E-state index contributed by atoms with van der Waals surface area (Å²) in [7, 11) is 0. The van der Waals surface area contributed by atoms with Crippen LogP contribution in [0.15, 0.2) is 24.3 Å². The van der Waals surface area contributed by atoms with Gasteiger partial charge >= 0.3 is 0 Å². The number of aliphatic hydroxyl groups excluding tert-OH is 1. The molecule has 0 spiro atoms. The minimum atomic E-state index is 0.0360. The van der Waals surface area contributed by atoms with E-state index in [1.165, 1.54) is 0 Å². The quantitative estimate of drug-likeness (QED) is 0.845. The standard InChI is InChI=1S/C18H26N2O3/c1-14(22)20-11-8-16(9-12-20)4-7-18(23)19-17-5-2-15(3-6-17)10-13-21/h2-3,5-6,16,21H,4,7-13H2,1H3,(H,19,23). The van der Waals surface area contributed by atoms with Crippen molar-refractivity contribution in [2.24, 2.45) is 5.92 Å². The first kappa shape index (κ1) is 17.5. The predicted molar refractivity (Wildman–Crippen MR) is 90.1 cm³/mol.